The van der Waals surface area contributed by atoms with Crippen LogP contribution in [0.4, 0.5) is 0 Å². The number of fused-ring (bicyclic) bond motifs is 1. The highest BCUT2D eigenvalue weighted by Gasteiger charge is 2.29. The van der Waals surface area contributed by atoms with E-state index in [4.69, 9.17) is 4.74 Å². The number of ether oxygens (including phenoxy) is 1. The van der Waals surface area contributed by atoms with E-state index in [9.17, 15) is 0 Å². The Kier molecular flexibility index (Phi) is 2.67. The largest absolute Gasteiger partial charge is 0.378 e. The van der Waals surface area contributed by atoms with Crippen molar-refractivity contribution in [3.8, 4) is 0 Å². The molecule has 2 saturated heterocycles. The molecule has 0 amide bonds. The zero-order chi connectivity index (χ0) is 10.1. The van der Waals surface area contributed by atoms with Gasteiger partial charge in [0, 0.05) is 37.8 Å². The molecule has 0 N–H and O–H groups in total. The van der Waals surface area contributed by atoms with Gasteiger partial charge >= 0.3 is 0 Å². The quantitative estimate of drug-likeness (QED) is 0.641. The van der Waals surface area contributed by atoms with Gasteiger partial charge in [0.25, 0.3) is 0 Å². The minimum Gasteiger partial charge on any atom is -0.378 e. The van der Waals surface area contributed by atoms with Gasteiger partial charge in [-0.25, -0.2) is 0 Å². The molecule has 0 aromatic carbocycles. The van der Waals surface area contributed by atoms with Crippen LogP contribution in [0.3, 0.4) is 0 Å². The first-order chi connectivity index (χ1) is 7.43. The lowest BCUT2D eigenvalue weighted by molar-refractivity contribution is 0.0485. The first-order valence-corrected chi connectivity index (χ1v) is 6.19. The minimum atomic E-state index is 0.841. The van der Waals surface area contributed by atoms with Crippen LogP contribution >= 0.6 is 0 Å². The van der Waals surface area contributed by atoms with Gasteiger partial charge in [0.1, 0.15) is 0 Å². The molecule has 0 aliphatic carbocycles. The zero-order valence-corrected chi connectivity index (χ0v) is 9.32. The molecule has 0 radical (unpaired) electrons. The molecule has 3 nitrogen and oxygen atoms in total. The highest BCUT2D eigenvalue weighted by Crippen LogP contribution is 2.28. The van der Waals surface area contributed by atoms with Crippen LogP contribution in [-0.4, -0.2) is 55.2 Å². The van der Waals surface area contributed by atoms with E-state index >= 15 is 0 Å². The summed E-state index contributed by atoms with van der Waals surface area (Å²) in [5.41, 5.74) is 1.58. The Hall–Kier alpha value is -0.540. The summed E-state index contributed by atoms with van der Waals surface area (Å²) in [6, 6.07) is 0.841. The van der Waals surface area contributed by atoms with Crippen LogP contribution in [0.25, 0.3) is 0 Å². The van der Waals surface area contributed by atoms with E-state index in [1.54, 1.807) is 5.70 Å². The summed E-state index contributed by atoms with van der Waals surface area (Å²) in [5, 5.41) is 0. The Balaban J connectivity index is 1.66. The normalized spacial score (nSPS) is 32.7. The van der Waals surface area contributed by atoms with Gasteiger partial charge in [0.05, 0.1) is 13.2 Å². The third-order valence-electron chi connectivity index (χ3n) is 3.92. The molecule has 0 saturated carbocycles. The number of nitrogens with zero attached hydrogens (tertiary/aromatic N) is 2. The van der Waals surface area contributed by atoms with Crippen LogP contribution in [0, 0.1) is 0 Å². The fourth-order valence-electron chi connectivity index (χ4n) is 3.02. The third-order valence-corrected chi connectivity index (χ3v) is 3.92. The van der Waals surface area contributed by atoms with Crippen molar-refractivity contribution >= 4 is 0 Å². The van der Waals surface area contributed by atoms with E-state index in [0.29, 0.717) is 0 Å². The molecule has 2 fully saturated rings. The predicted octanol–water partition coefficient (Wildman–Crippen LogP) is 1.07. The second-order valence-electron chi connectivity index (χ2n) is 4.79. The summed E-state index contributed by atoms with van der Waals surface area (Å²) in [5.74, 6) is 0. The van der Waals surface area contributed by atoms with Crippen LogP contribution in [0.2, 0.25) is 0 Å². The maximum absolute atomic E-state index is 5.40. The Labute approximate surface area is 91.7 Å². The van der Waals surface area contributed by atoms with Crippen molar-refractivity contribution in [2.45, 2.75) is 25.3 Å². The summed E-state index contributed by atoms with van der Waals surface area (Å²) < 4.78 is 5.40. The number of rotatable bonds is 1. The predicted molar refractivity (Wildman–Crippen MR) is 59.7 cm³/mol. The Morgan fingerprint density at radius 3 is 2.93 bits per heavy atom. The lowest BCUT2D eigenvalue weighted by Gasteiger charge is -2.37. The first-order valence-electron chi connectivity index (χ1n) is 6.19. The van der Waals surface area contributed by atoms with Crippen LogP contribution in [0.15, 0.2) is 11.8 Å². The molecule has 0 aromatic rings. The van der Waals surface area contributed by atoms with Gasteiger partial charge in [-0.15, -0.1) is 0 Å². The highest BCUT2D eigenvalue weighted by molar-refractivity contribution is 5.11. The van der Waals surface area contributed by atoms with Gasteiger partial charge in [0.15, 0.2) is 0 Å². The monoisotopic (exact) mass is 208 g/mol. The van der Waals surface area contributed by atoms with Crippen molar-refractivity contribution in [1.82, 2.24) is 9.80 Å². The average molecular weight is 208 g/mol. The molecule has 0 bridgehead atoms. The van der Waals surface area contributed by atoms with Crippen molar-refractivity contribution in [2.24, 2.45) is 0 Å². The molecule has 3 heterocycles. The van der Waals surface area contributed by atoms with E-state index in [-0.39, 0.29) is 0 Å². The Morgan fingerprint density at radius 1 is 1.20 bits per heavy atom. The molecular weight excluding hydrogens is 188 g/mol. The van der Waals surface area contributed by atoms with Crippen molar-refractivity contribution < 1.29 is 4.74 Å². The molecule has 0 aromatic heterocycles. The topological polar surface area (TPSA) is 15.7 Å². The van der Waals surface area contributed by atoms with E-state index in [0.717, 1.165) is 32.3 Å². The fourth-order valence-corrected chi connectivity index (χ4v) is 3.02. The minimum absolute atomic E-state index is 0.841. The molecule has 15 heavy (non-hydrogen) atoms. The maximum atomic E-state index is 5.40. The average Bonchev–Trinajstić information content (AvgIpc) is 2.77. The van der Waals surface area contributed by atoms with Crippen molar-refractivity contribution in [2.75, 3.05) is 39.4 Å². The third kappa shape index (κ3) is 1.91. The second-order valence-corrected chi connectivity index (χ2v) is 4.79. The SMILES string of the molecule is C1=C(N2CCOCC2)CC2CCCN2C1. The smallest absolute Gasteiger partial charge is 0.0642 e. The van der Waals surface area contributed by atoms with E-state index in [2.05, 4.69) is 15.9 Å². The van der Waals surface area contributed by atoms with Crippen LogP contribution in [-0.2, 0) is 4.74 Å². The van der Waals surface area contributed by atoms with Gasteiger partial charge in [-0.3, -0.25) is 4.90 Å². The number of hydrogen-bond acceptors (Lipinski definition) is 3. The van der Waals surface area contributed by atoms with Crippen molar-refractivity contribution in [1.29, 1.82) is 0 Å². The summed E-state index contributed by atoms with van der Waals surface area (Å²) in [4.78, 5) is 5.16. The maximum Gasteiger partial charge on any atom is 0.0642 e. The molecule has 3 heteroatoms. The Bertz CT molecular complexity index is 258. The standard InChI is InChI=1S/C12H20N2O/c1-2-11-10-12(3-5-13(11)4-1)14-6-8-15-9-7-14/h3,11H,1-2,4-10H2. The van der Waals surface area contributed by atoms with Crippen molar-refractivity contribution in [3.63, 3.8) is 0 Å². The molecular formula is C12H20N2O. The first kappa shape index (κ1) is 9.67. The molecule has 0 spiro atoms. The highest BCUT2D eigenvalue weighted by atomic mass is 16.5. The molecule has 1 unspecified atom stereocenters. The lowest BCUT2D eigenvalue weighted by Crippen LogP contribution is -2.41. The van der Waals surface area contributed by atoms with Gasteiger partial charge in [-0.05, 0) is 19.4 Å². The van der Waals surface area contributed by atoms with E-state index in [1.165, 1.54) is 32.4 Å². The second kappa shape index (κ2) is 4.14. The molecule has 3 aliphatic heterocycles. The van der Waals surface area contributed by atoms with Gasteiger partial charge in [-0.1, -0.05) is 6.08 Å². The lowest BCUT2D eigenvalue weighted by atomic mass is 10.0. The number of hydrogen-bond donors (Lipinski definition) is 0. The Morgan fingerprint density at radius 2 is 2.07 bits per heavy atom. The van der Waals surface area contributed by atoms with Gasteiger partial charge in [-0.2, -0.15) is 0 Å². The van der Waals surface area contributed by atoms with Crippen LogP contribution < -0.4 is 0 Å². The summed E-state index contributed by atoms with van der Waals surface area (Å²) >= 11 is 0. The van der Waals surface area contributed by atoms with Gasteiger partial charge in [0.2, 0.25) is 0 Å². The summed E-state index contributed by atoms with van der Waals surface area (Å²) in [7, 11) is 0. The summed E-state index contributed by atoms with van der Waals surface area (Å²) in [6.07, 6.45) is 6.52. The van der Waals surface area contributed by atoms with E-state index < -0.39 is 0 Å². The molecule has 3 aliphatic rings. The van der Waals surface area contributed by atoms with E-state index in [1.807, 2.05) is 0 Å². The van der Waals surface area contributed by atoms with Crippen LogP contribution in [0.1, 0.15) is 19.3 Å². The molecule has 1 atom stereocenters. The van der Waals surface area contributed by atoms with Crippen LogP contribution in [0.5, 0.6) is 0 Å². The fraction of sp³-hybridized carbons (Fsp3) is 0.833. The van der Waals surface area contributed by atoms with Crippen molar-refractivity contribution in [3.05, 3.63) is 11.8 Å². The zero-order valence-electron chi connectivity index (χ0n) is 9.32. The summed E-state index contributed by atoms with van der Waals surface area (Å²) in [6.45, 7) is 6.50. The molecule has 84 valence electrons. The van der Waals surface area contributed by atoms with Gasteiger partial charge < -0.3 is 9.64 Å². The number of morpholine rings is 1. The molecule has 3 rings (SSSR count).